The molecule has 2 heterocycles. The van der Waals surface area contributed by atoms with Crippen molar-refractivity contribution in [2.75, 3.05) is 13.1 Å². The van der Waals surface area contributed by atoms with Crippen LogP contribution in [0, 0.1) is 19.7 Å². The predicted octanol–water partition coefficient (Wildman–Crippen LogP) is 5.54. The number of benzene rings is 2. The SMILES string of the molecule is Cc1cc(F)cc(C)c1Oc1ccc(C(C)(C)O)cc1-c1cn(C)c(=O)cc1O[C@H]1CC[C@H](N2CCNC2=O)CC1. The molecule has 2 amide bonds. The van der Waals surface area contributed by atoms with E-state index in [2.05, 4.69) is 5.32 Å². The smallest absolute Gasteiger partial charge is 0.317 e. The van der Waals surface area contributed by atoms with Gasteiger partial charge in [0, 0.05) is 49.6 Å². The molecule has 1 aliphatic carbocycles. The zero-order valence-corrected chi connectivity index (χ0v) is 24.3. The largest absolute Gasteiger partial charge is 0.490 e. The molecule has 8 nitrogen and oxygen atoms in total. The average molecular weight is 564 g/mol. The number of pyridine rings is 1. The highest BCUT2D eigenvalue weighted by atomic mass is 19.1. The van der Waals surface area contributed by atoms with Crippen molar-refractivity contribution in [3.63, 3.8) is 0 Å². The number of hydrogen-bond acceptors (Lipinski definition) is 5. The summed E-state index contributed by atoms with van der Waals surface area (Å²) in [5.41, 5.74) is 1.92. The van der Waals surface area contributed by atoms with E-state index >= 15 is 0 Å². The molecule has 2 fully saturated rings. The van der Waals surface area contributed by atoms with Gasteiger partial charge in [0.25, 0.3) is 5.56 Å². The number of carbonyl (C=O) groups excluding carboxylic acids is 1. The van der Waals surface area contributed by atoms with Crippen molar-refractivity contribution in [2.45, 2.75) is 71.1 Å². The van der Waals surface area contributed by atoms with Crippen molar-refractivity contribution in [3.05, 3.63) is 75.5 Å². The number of ether oxygens (including phenoxy) is 2. The Morgan fingerprint density at radius 2 is 1.66 bits per heavy atom. The van der Waals surface area contributed by atoms with Crippen molar-refractivity contribution in [1.29, 1.82) is 0 Å². The zero-order valence-electron chi connectivity index (χ0n) is 24.3. The number of hydrogen-bond donors (Lipinski definition) is 2. The van der Waals surface area contributed by atoms with Gasteiger partial charge in [0.15, 0.2) is 0 Å². The van der Waals surface area contributed by atoms with E-state index in [4.69, 9.17) is 9.47 Å². The molecule has 2 N–H and O–H groups in total. The van der Waals surface area contributed by atoms with E-state index in [1.54, 1.807) is 53.1 Å². The second kappa shape index (κ2) is 11.2. The number of aromatic nitrogens is 1. The summed E-state index contributed by atoms with van der Waals surface area (Å²) in [7, 11) is 1.68. The fourth-order valence-electron chi connectivity index (χ4n) is 5.78. The van der Waals surface area contributed by atoms with Gasteiger partial charge in [0.05, 0.1) is 11.7 Å². The maximum Gasteiger partial charge on any atom is 0.317 e. The molecule has 0 spiro atoms. The van der Waals surface area contributed by atoms with Crippen LogP contribution in [0.2, 0.25) is 0 Å². The first kappa shape index (κ1) is 28.7. The molecule has 2 aliphatic rings. The molecule has 1 saturated carbocycles. The quantitative estimate of drug-likeness (QED) is 0.394. The molecule has 5 rings (SSSR count). The lowest BCUT2D eigenvalue weighted by atomic mass is 9.91. The van der Waals surface area contributed by atoms with Crippen molar-refractivity contribution in [2.24, 2.45) is 7.05 Å². The van der Waals surface area contributed by atoms with Crippen LogP contribution in [0.1, 0.15) is 56.2 Å². The van der Waals surface area contributed by atoms with Crippen LogP contribution in [0.25, 0.3) is 11.1 Å². The van der Waals surface area contributed by atoms with Crippen LogP contribution in [-0.2, 0) is 12.6 Å². The summed E-state index contributed by atoms with van der Waals surface area (Å²) in [5, 5.41) is 13.7. The number of aryl methyl sites for hydroxylation is 3. The molecule has 1 saturated heterocycles. The fourth-order valence-corrected chi connectivity index (χ4v) is 5.78. The molecule has 0 unspecified atom stereocenters. The molecule has 0 atom stereocenters. The van der Waals surface area contributed by atoms with Gasteiger partial charge in [0.2, 0.25) is 0 Å². The molecule has 3 aromatic rings. The van der Waals surface area contributed by atoms with Gasteiger partial charge in [-0.1, -0.05) is 6.07 Å². The second-order valence-corrected chi connectivity index (χ2v) is 11.7. The number of aliphatic hydroxyl groups is 1. The van der Waals surface area contributed by atoms with E-state index < -0.39 is 5.60 Å². The zero-order chi connectivity index (χ0) is 29.5. The molecular weight excluding hydrogens is 525 g/mol. The number of urea groups is 1. The van der Waals surface area contributed by atoms with E-state index in [-0.39, 0.29) is 29.6 Å². The van der Waals surface area contributed by atoms with E-state index in [1.807, 2.05) is 11.0 Å². The third kappa shape index (κ3) is 6.10. The molecule has 41 heavy (non-hydrogen) atoms. The summed E-state index contributed by atoms with van der Waals surface area (Å²) in [6.07, 6.45) is 4.76. The van der Waals surface area contributed by atoms with Crippen LogP contribution < -0.4 is 20.3 Å². The monoisotopic (exact) mass is 563 g/mol. The van der Waals surface area contributed by atoms with Gasteiger partial charge >= 0.3 is 6.03 Å². The number of nitrogens with one attached hydrogen (secondary N) is 1. The second-order valence-electron chi connectivity index (χ2n) is 11.7. The van der Waals surface area contributed by atoms with E-state index in [0.29, 0.717) is 51.6 Å². The van der Waals surface area contributed by atoms with Gasteiger partial charge in [-0.25, -0.2) is 9.18 Å². The lowest BCUT2D eigenvalue weighted by Crippen LogP contribution is -2.42. The van der Waals surface area contributed by atoms with E-state index in [9.17, 15) is 19.1 Å². The number of rotatable bonds is 7. The minimum absolute atomic E-state index is 0.00550. The van der Waals surface area contributed by atoms with Crippen LogP contribution in [0.15, 0.2) is 47.4 Å². The Hall–Kier alpha value is -3.85. The van der Waals surface area contributed by atoms with Gasteiger partial charge in [0.1, 0.15) is 23.1 Å². The summed E-state index contributed by atoms with van der Waals surface area (Å²) < 4.78 is 28.4. The van der Waals surface area contributed by atoms with Gasteiger partial charge < -0.3 is 29.4 Å². The molecular formula is C32H38FN3O5. The van der Waals surface area contributed by atoms with Gasteiger partial charge in [-0.3, -0.25) is 4.79 Å². The van der Waals surface area contributed by atoms with Crippen molar-refractivity contribution in [1.82, 2.24) is 14.8 Å². The number of carbonyl (C=O) groups is 1. The van der Waals surface area contributed by atoms with Crippen LogP contribution in [-0.4, -0.2) is 45.8 Å². The highest BCUT2D eigenvalue weighted by Gasteiger charge is 2.32. The predicted molar refractivity (Wildman–Crippen MR) is 155 cm³/mol. The standard InChI is InChI=1S/C32H38FN3O5/c1-19-14-22(33)15-20(2)30(19)41-27-11-6-21(32(3,4)39)16-25(27)26-18-35(5)29(37)17-28(26)40-24-9-7-23(8-10-24)36-13-12-34-31(36)38/h6,11,14-18,23-24,39H,7-10,12-13H2,1-5H3,(H,34,38)/t23-,24-. The third-order valence-electron chi connectivity index (χ3n) is 8.07. The average Bonchev–Trinajstić information content (AvgIpc) is 3.34. The minimum atomic E-state index is -1.13. The van der Waals surface area contributed by atoms with Crippen LogP contribution in [0.4, 0.5) is 9.18 Å². The third-order valence-corrected chi connectivity index (χ3v) is 8.07. The van der Waals surface area contributed by atoms with Crippen LogP contribution in [0.5, 0.6) is 17.2 Å². The van der Waals surface area contributed by atoms with Crippen molar-refractivity contribution >= 4 is 6.03 Å². The molecule has 2 aromatic carbocycles. The minimum Gasteiger partial charge on any atom is -0.490 e. The normalized spacial score (nSPS) is 19.3. The number of halogens is 1. The Bertz CT molecular complexity index is 1500. The maximum atomic E-state index is 14.0. The Balaban J connectivity index is 1.51. The summed E-state index contributed by atoms with van der Waals surface area (Å²) in [6.45, 7) is 8.40. The van der Waals surface area contributed by atoms with Crippen molar-refractivity contribution < 1.29 is 23.8 Å². The Labute approximate surface area is 239 Å². The van der Waals surface area contributed by atoms with Crippen molar-refractivity contribution in [3.8, 4) is 28.4 Å². The maximum absolute atomic E-state index is 14.0. The lowest BCUT2D eigenvalue weighted by Gasteiger charge is -2.34. The van der Waals surface area contributed by atoms with Gasteiger partial charge in [-0.15, -0.1) is 0 Å². The fraction of sp³-hybridized carbons (Fsp3) is 0.438. The first-order valence-corrected chi connectivity index (χ1v) is 14.1. The van der Waals surface area contributed by atoms with Gasteiger partial charge in [-0.2, -0.15) is 0 Å². The van der Waals surface area contributed by atoms with E-state index in [0.717, 1.165) is 32.2 Å². The van der Waals surface area contributed by atoms with Crippen LogP contribution >= 0.6 is 0 Å². The van der Waals surface area contributed by atoms with Crippen LogP contribution in [0.3, 0.4) is 0 Å². The number of nitrogens with zero attached hydrogens (tertiary/aromatic N) is 2. The Morgan fingerprint density at radius 3 is 2.27 bits per heavy atom. The topological polar surface area (TPSA) is 93.0 Å². The molecule has 0 bridgehead atoms. The van der Waals surface area contributed by atoms with Gasteiger partial charge in [-0.05, 0) is 94.3 Å². The molecule has 1 aliphatic heterocycles. The molecule has 218 valence electrons. The molecule has 0 radical (unpaired) electrons. The summed E-state index contributed by atoms with van der Waals surface area (Å²) in [4.78, 5) is 26.8. The first-order valence-electron chi connectivity index (χ1n) is 14.1. The summed E-state index contributed by atoms with van der Waals surface area (Å²) >= 11 is 0. The number of amides is 2. The Kier molecular flexibility index (Phi) is 7.83. The lowest BCUT2D eigenvalue weighted by molar-refractivity contribution is 0.0786. The highest BCUT2D eigenvalue weighted by molar-refractivity contribution is 5.77. The van der Waals surface area contributed by atoms with E-state index in [1.165, 1.54) is 22.8 Å². The Morgan fingerprint density at radius 1 is 0.976 bits per heavy atom. The summed E-state index contributed by atoms with van der Waals surface area (Å²) in [6, 6.07) is 9.95. The molecule has 9 heteroatoms. The summed E-state index contributed by atoms with van der Waals surface area (Å²) in [5.74, 6) is 1.13. The first-order chi connectivity index (χ1) is 19.4. The highest BCUT2D eigenvalue weighted by Crippen LogP contribution is 2.42. The molecule has 1 aromatic heterocycles.